The van der Waals surface area contributed by atoms with Crippen molar-refractivity contribution >= 4 is 22.9 Å². The van der Waals surface area contributed by atoms with Crippen molar-refractivity contribution in [2.75, 3.05) is 26.2 Å². The van der Waals surface area contributed by atoms with Gasteiger partial charge in [0.05, 0.1) is 4.34 Å². The lowest BCUT2D eigenvalue weighted by atomic mass is 10.0. The second-order valence-corrected chi connectivity index (χ2v) is 6.93. The number of nitrogens with one attached hydrogen (secondary N) is 1. The van der Waals surface area contributed by atoms with E-state index in [2.05, 4.69) is 23.2 Å². The van der Waals surface area contributed by atoms with E-state index in [0.29, 0.717) is 0 Å². The van der Waals surface area contributed by atoms with Crippen LogP contribution >= 0.6 is 22.9 Å². The lowest BCUT2D eigenvalue weighted by Gasteiger charge is -2.16. The molecule has 1 unspecified atom stereocenters. The van der Waals surface area contributed by atoms with Crippen LogP contribution in [0.3, 0.4) is 0 Å². The van der Waals surface area contributed by atoms with Crippen LogP contribution in [0.5, 0.6) is 0 Å². The molecule has 2 nitrogen and oxygen atoms in total. The number of thiophene rings is 1. The fraction of sp³-hybridized carbons (Fsp3) is 0.714. The van der Waals surface area contributed by atoms with Crippen molar-refractivity contribution in [3.63, 3.8) is 0 Å². The van der Waals surface area contributed by atoms with Gasteiger partial charge in [-0.25, -0.2) is 0 Å². The third-order valence-electron chi connectivity index (χ3n) is 3.60. The Morgan fingerprint density at radius 3 is 3.11 bits per heavy atom. The van der Waals surface area contributed by atoms with Crippen molar-refractivity contribution in [3.8, 4) is 0 Å². The summed E-state index contributed by atoms with van der Waals surface area (Å²) in [6, 6.07) is 4.08. The summed E-state index contributed by atoms with van der Waals surface area (Å²) in [7, 11) is 0. The maximum atomic E-state index is 5.91. The third kappa shape index (κ3) is 4.54. The minimum absolute atomic E-state index is 0.883. The Balaban J connectivity index is 1.56. The van der Waals surface area contributed by atoms with Crippen LogP contribution in [0, 0.1) is 5.92 Å². The van der Waals surface area contributed by atoms with Crippen molar-refractivity contribution in [2.45, 2.75) is 32.7 Å². The Bertz CT molecular complexity index is 353. The molecule has 0 aromatic carbocycles. The molecule has 0 spiro atoms. The highest BCUT2D eigenvalue weighted by Crippen LogP contribution is 2.21. The molecule has 1 aromatic rings. The molecule has 1 aromatic heterocycles. The largest absolute Gasteiger partial charge is 0.311 e. The van der Waals surface area contributed by atoms with Crippen LogP contribution in [0.1, 0.15) is 31.1 Å². The van der Waals surface area contributed by atoms with Gasteiger partial charge in [-0.1, -0.05) is 24.9 Å². The summed E-state index contributed by atoms with van der Waals surface area (Å²) >= 11 is 7.57. The van der Waals surface area contributed by atoms with Crippen molar-refractivity contribution in [2.24, 2.45) is 5.92 Å². The Hall–Kier alpha value is -0.0900. The number of likely N-dealkylation sites (tertiary alicyclic amines) is 1. The molecule has 1 aliphatic heterocycles. The predicted octanol–water partition coefficient (Wildman–Crippen LogP) is 3.61. The highest BCUT2D eigenvalue weighted by atomic mass is 35.5. The second kappa shape index (κ2) is 7.49. The van der Waals surface area contributed by atoms with E-state index in [0.717, 1.165) is 23.3 Å². The molecular weight excluding hydrogens is 264 g/mol. The molecule has 0 aliphatic carbocycles. The first-order valence-electron chi connectivity index (χ1n) is 6.95. The molecule has 4 heteroatoms. The molecule has 0 radical (unpaired) electrons. The molecule has 2 heterocycles. The quantitative estimate of drug-likeness (QED) is 0.770. The topological polar surface area (TPSA) is 15.3 Å². The first-order valence-corrected chi connectivity index (χ1v) is 8.14. The standard InChI is InChI=1S/C14H23ClN2S/c1-2-3-12-6-8-17(11-12)9-7-16-10-13-4-5-14(15)18-13/h4-5,12,16H,2-3,6-11H2,1H3. The van der Waals surface area contributed by atoms with Crippen LogP contribution < -0.4 is 5.32 Å². The highest BCUT2D eigenvalue weighted by molar-refractivity contribution is 7.16. The molecule has 1 atom stereocenters. The SMILES string of the molecule is CCCC1CCN(CCNCc2ccc(Cl)s2)C1. The lowest BCUT2D eigenvalue weighted by molar-refractivity contribution is 0.318. The van der Waals surface area contributed by atoms with Gasteiger partial charge in [-0.2, -0.15) is 0 Å². The summed E-state index contributed by atoms with van der Waals surface area (Å²) in [5.74, 6) is 0.950. The van der Waals surface area contributed by atoms with E-state index in [9.17, 15) is 0 Å². The van der Waals surface area contributed by atoms with Crippen molar-refractivity contribution < 1.29 is 0 Å². The van der Waals surface area contributed by atoms with Crippen LogP contribution in [0.15, 0.2) is 12.1 Å². The van der Waals surface area contributed by atoms with Gasteiger partial charge in [0, 0.05) is 31.1 Å². The van der Waals surface area contributed by atoms with Crippen LogP contribution in [0.4, 0.5) is 0 Å². The molecular formula is C14H23ClN2S. The molecule has 0 saturated carbocycles. The predicted molar refractivity (Wildman–Crippen MR) is 80.5 cm³/mol. The average Bonchev–Trinajstić information content (AvgIpc) is 2.95. The zero-order valence-corrected chi connectivity index (χ0v) is 12.7. The van der Waals surface area contributed by atoms with Gasteiger partial charge >= 0.3 is 0 Å². The fourth-order valence-corrected chi connectivity index (χ4v) is 3.71. The Kier molecular flexibility index (Phi) is 5.96. The summed E-state index contributed by atoms with van der Waals surface area (Å²) in [6.45, 7) is 8.09. The number of rotatable bonds is 7. The van der Waals surface area contributed by atoms with Gasteiger partial charge < -0.3 is 10.2 Å². The van der Waals surface area contributed by atoms with Crippen LogP contribution in [0.25, 0.3) is 0 Å². The van der Waals surface area contributed by atoms with E-state index in [1.54, 1.807) is 11.3 Å². The average molecular weight is 287 g/mol. The monoisotopic (exact) mass is 286 g/mol. The number of halogens is 1. The summed E-state index contributed by atoms with van der Waals surface area (Å²) in [6.07, 6.45) is 4.13. The molecule has 102 valence electrons. The third-order valence-corrected chi connectivity index (χ3v) is 4.83. The van der Waals surface area contributed by atoms with E-state index >= 15 is 0 Å². The molecule has 1 fully saturated rings. The maximum absolute atomic E-state index is 5.91. The number of nitrogens with zero attached hydrogens (tertiary/aromatic N) is 1. The molecule has 1 N–H and O–H groups in total. The van der Waals surface area contributed by atoms with Gasteiger partial charge in [0.15, 0.2) is 0 Å². The van der Waals surface area contributed by atoms with Gasteiger partial charge in [-0.15, -0.1) is 11.3 Å². The second-order valence-electron chi connectivity index (χ2n) is 5.13. The summed E-state index contributed by atoms with van der Waals surface area (Å²) < 4.78 is 0.883. The molecule has 1 saturated heterocycles. The van der Waals surface area contributed by atoms with E-state index in [1.165, 1.54) is 43.8 Å². The minimum atomic E-state index is 0.883. The molecule has 0 amide bonds. The van der Waals surface area contributed by atoms with E-state index in [1.807, 2.05) is 6.07 Å². The number of hydrogen-bond donors (Lipinski definition) is 1. The van der Waals surface area contributed by atoms with Gasteiger partial charge in [-0.3, -0.25) is 0 Å². The zero-order valence-electron chi connectivity index (χ0n) is 11.1. The highest BCUT2D eigenvalue weighted by Gasteiger charge is 2.20. The molecule has 18 heavy (non-hydrogen) atoms. The van der Waals surface area contributed by atoms with Crippen molar-refractivity contribution in [1.29, 1.82) is 0 Å². The van der Waals surface area contributed by atoms with Gasteiger partial charge in [-0.05, 0) is 37.4 Å². The van der Waals surface area contributed by atoms with Crippen molar-refractivity contribution in [3.05, 3.63) is 21.3 Å². The zero-order chi connectivity index (χ0) is 12.8. The van der Waals surface area contributed by atoms with E-state index in [-0.39, 0.29) is 0 Å². The van der Waals surface area contributed by atoms with Gasteiger partial charge in [0.25, 0.3) is 0 Å². The summed E-state index contributed by atoms with van der Waals surface area (Å²) in [5.41, 5.74) is 0. The van der Waals surface area contributed by atoms with Gasteiger partial charge in [0.2, 0.25) is 0 Å². The Morgan fingerprint density at radius 1 is 1.50 bits per heavy atom. The first-order chi connectivity index (χ1) is 8.78. The molecule has 1 aliphatic rings. The Morgan fingerprint density at radius 2 is 2.39 bits per heavy atom. The Labute approximate surface area is 119 Å². The van der Waals surface area contributed by atoms with Crippen LogP contribution in [-0.2, 0) is 6.54 Å². The first kappa shape index (κ1) is 14.3. The lowest BCUT2D eigenvalue weighted by Crippen LogP contribution is -2.30. The van der Waals surface area contributed by atoms with E-state index < -0.39 is 0 Å². The van der Waals surface area contributed by atoms with Crippen LogP contribution in [-0.4, -0.2) is 31.1 Å². The minimum Gasteiger partial charge on any atom is -0.311 e. The summed E-state index contributed by atoms with van der Waals surface area (Å²) in [4.78, 5) is 3.92. The maximum Gasteiger partial charge on any atom is 0.0931 e. The number of hydrogen-bond acceptors (Lipinski definition) is 3. The summed E-state index contributed by atoms with van der Waals surface area (Å²) in [5, 5.41) is 3.50. The molecule has 2 rings (SSSR count). The molecule has 0 bridgehead atoms. The smallest absolute Gasteiger partial charge is 0.0931 e. The van der Waals surface area contributed by atoms with Crippen LogP contribution in [0.2, 0.25) is 4.34 Å². The normalized spacial score (nSPS) is 20.7. The van der Waals surface area contributed by atoms with E-state index in [4.69, 9.17) is 11.6 Å². The van der Waals surface area contributed by atoms with Crippen molar-refractivity contribution in [1.82, 2.24) is 10.2 Å². The fourth-order valence-electron chi connectivity index (χ4n) is 2.66. The van der Waals surface area contributed by atoms with Gasteiger partial charge in [0.1, 0.15) is 0 Å².